The van der Waals surface area contributed by atoms with Crippen LogP contribution in [0.2, 0.25) is 0 Å². The number of alkyl halides is 3. The molecule has 1 aliphatic heterocycles. The van der Waals surface area contributed by atoms with Crippen LogP contribution in [-0.4, -0.2) is 29.8 Å². The van der Waals surface area contributed by atoms with Gasteiger partial charge in [-0.3, -0.25) is 9.59 Å². The number of likely N-dealkylation sites (tertiary alicyclic amines) is 1. The minimum absolute atomic E-state index is 0.177. The molecule has 4 rings (SSSR count). The number of piperidine rings is 1. The number of rotatable bonds is 3. The number of amides is 2. The molecule has 1 aromatic heterocycles. The van der Waals surface area contributed by atoms with Crippen molar-refractivity contribution in [2.24, 2.45) is 5.92 Å². The molecule has 0 aliphatic carbocycles. The lowest BCUT2D eigenvalue weighted by Gasteiger charge is -2.31. The van der Waals surface area contributed by atoms with E-state index in [0.29, 0.717) is 42.6 Å². The molecule has 0 unspecified atom stereocenters. The molecule has 9 heteroatoms. The van der Waals surface area contributed by atoms with E-state index in [1.54, 1.807) is 29.2 Å². The molecule has 6 nitrogen and oxygen atoms in total. The van der Waals surface area contributed by atoms with Gasteiger partial charge in [-0.1, -0.05) is 0 Å². The molecule has 1 N–H and O–H groups in total. The second-order valence-corrected chi connectivity index (χ2v) is 7.64. The summed E-state index contributed by atoms with van der Waals surface area (Å²) in [6, 6.07) is 12.0. The van der Waals surface area contributed by atoms with Crippen LogP contribution in [0.15, 0.2) is 63.8 Å². The van der Waals surface area contributed by atoms with Crippen LogP contribution in [-0.2, 0) is 11.0 Å². The van der Waals surface area contributed by atoms with Gasteiger partial charge in [0.15, 0.2) is 0 Å². The summed E-state index contributed by atoms with van der Waals surface area (Å²) in [6.07, 6.45) is -3.56. The van der Waals surface area contributed by atoms with Crippen LogP contribution in [0.25, 0.3) is 11.0 Å². The highest BCUT2D eigenvalue weighted by atomic mass is 19.4. The van der Waals surface area contributed by atoms with E-state index in [4.69, 9.17) is 4.42 Å². The van der Waals surface area contributed by atoms with Gasteiger partial charge in [0, 0.05) is 41.7 Å². The van der Waals surface area contributed by atoms with Crippen molar-refractivity contribution in [1.29, 1.82) is 0 Å². The number of nitrogens with zero attached hydrogens (tertiary/aromatic N) is 1. The number of hydrogen-bond donors (Lipinski definition) is 1. The summed E-state index contributed by atoms with van der Waals surface area (Å²) < 4.78 is 43.1. The van der Waals surface area contributed by atoms with Crippen LogP contribution in [0, 0.1) is 5.92 Å². The van der Waals surface area contributed by atoms with Gasteiger partial charge >= 0.3 is 11.8 Å². The first kappa shape index (κ1) is 21.6. The largest absolute Gasteiger partial charge is 0.423 e. The van der Waals surface area contributed by atoms with Crippen molar-refractivity contribution in [2.75, 3.05) is 18.4 Å². The summed E-state index contributed by atoms with van der Waals surface area (Å²) >= 11 is 0. The zero-order chi connectivity index (χ0) is 22.9. The molecule has 1 fully saturated rings. The summed E-state index contributed by atoms with van der Waals surface area (Å²) in [5, 5.41) is 3.53. The summed E-state index contributed by atoms with van der Waals surface area (Å²) in [7, 11) is 0. The predicted molar refractivity (Wildman–Crippen MR) is 111 cm³/mol. The average molecular weight is 444 g/mol. The fourth-order valence-electron chi connectivity index (χ4n) is 3.72. The van der Waals surface area contributed by atoms with Crippen molar-refractivity contribution in [2.45, 2.75) is 19.0 Å². The standard InChI is InChI=1S/C23H19F3N2O4/c24-23(25,26)17-4-1-15(2-5-17)22(31)28-11-9-14(10-12-28)21(30)27-18-6-7-19-16(13-18)3-8-20(29)32-19/h1-8,13-14H,9-12H2,(H,27,30). The quantitative estimate of drug-likeness (QED) is 0.611. The second-order valence-electron chi connectivity index (χ2n) is 7.64. The number of fused-ring (bicyclic) bond motifs is 1. The van der Waals surface area contributed by atoms with Crippen LogP contribution >= 0.6 is 0 Å². The molecular weight excluding hydrogens is 425 g/mol. The first-order valence-corrected chi connectivity index (χ1v) is 10.0. The third-order valence-electron chi connectivity index (χ3n) is 5.50. The van der Waals surface area contributed by atoms with Gasteiger partial charge in [0.1, 0.15) is 5.58 Å². The van der Waals surface area contributed by atoms with E-state index in [0.717, 1.165) is 12.1 Å². The zero-order valence-corrected chi connectivity index (χ0v) is 16.8. The Bertz CT molecular complexity index is 1210. The molecule has 0 atom stereocenters. The van der Waals surface area contributed by atoms with Gasteiger partial charge in [-0.05, 0) is 61.4 Å². The summed E-state index contributed by atoms with van der Waals surface area (Å²) in [5.41, 5.74) is -0.0824. The monoisotopic (exact) mass is 444 g/mol. The van der Waals surface area contributed by atoms with Crippen molar-refractivity contribution in [3.63, 3.8) is 0 Å². The molecule has 1 aliphatic rings. The lowest BCUT2D eigenvalue weighted by Crippen LogP contribution is -2.41. The van der Waals surface area contributed by atoms with E-state index >= 15 is 0 Å². The van der Waals surface area contributed by atoms with E-state index in [-0.39, 0.29) is 23.3 Å². The van der Waals surface area contributed by atoms with Gasteiger partial charge in [-0.2, -0.15) is 13.2 Å². The van der Waals surface area contributed by atoms with Crippen molar-refractivity contribution < 1.29 is 27.2 Å². The highest BCUT2D eigenvalue weighted by Crippen LogP contribution is 2.29. The van der Waals surface area contributed by atoms with Crippen LogP contribution in [0.3, 0.4) is 0 Å². The molecule has 0 saturated carbocycles. The zero-order valence-electron chi connectivity index (χ0n) is 16.8. The molecule has 0 radical (unpaired) electrons. The number of nitrogens with one attached hydrogen (secondary N) is 1. The maximum absolute atomic E-state index is 12.7. The Hall–Kier alpha value is -3.62. The van der Waals surface area contributed by atoms with E-state index in [2.05, 4.69) is 5.32 Å². The molecular formula is C23H19F3N2O4. The molecule has 0 spiro atoms. The Balaban J connectivity index is 1.35. The second kappa shape index (κ2) is 8.49. The molecule has 2 heterocycles. The Kier molecular flexibility index (Phi) is 5.73. The first-order valence-electron chi connectivity index (χ1n) is 10.0. The predicted octanol–water partition coefficient (Wildman–Crippen LogP) is 4.30. The smallest absolute Gasteiger partial charge is 0.416 e. The highest BCUT2D eigenvalue weighted by molar-refractivity contribution is 5.96. The maximum Gasteiger partial charge on any atom is 0.416 e. The molecule has 166 valence electrons. The maximum atomic E-state index is 12.7. The van der Waals surface area contributed by atoms with Crippen molar-refractivity contribution in [3.05, 3.63) is 76.1 Å². The number of hydrogen-bond acceptors (Lipinski definition) is 4. The van der Waals surface area contributed by atoms with Crippen LogP contribution in [0.5, 0.6) is 0 Å². The lowest BCUT2D eigenvalue weighted by atomic mass is 9.95. The first-order chi connectivity index (χ1) is 15.2. The van der Waals surface area contributed by atoms with Crippen LogP contribution in [0.1, 0.15) is 28.8 Å². The molecule has 32 heavy (non-hydrogen) atoms. The Morgan fingerprint density at radius 3 is 2.31 bits per heavy atom. The van der Waals surface area contributed by atoms with Crippen LogP contribution < -0.4 is 10.9 Å². The Morgan fingerprint density at radius 1 is 0.969 bits per heavy atom. The summed E-state index contributed by atoms with van der Waals surface area (Å²) in [5.74, 6) is -0.826. The summed E-state index contributed by atoms with van der Waals surface area (Å²) in [4.78, 5) is 38.0. The topological polar surface area (TPSA) is 79.6 Å². The van der Waals surface area contributed by atoms with Gasteiger partial charge < -0.3 is 14.6 Å². The average Bonchev–Trinajstić information content (AvgIpc) is 2.78. The van der Waals surface area contributed by atoms with Gasteiger partial charge in [-0.25, -0.2) is 4.79 Å². The Labute approximate surface area is 180 Å². The fourth-order valence-corrected chi connectivity index (χ4v) is 3.72. The highest BCUT2D eigenvalue weighted by Gasteiger charge is 2.31. The van der Waals surface area contributed by atoms with Gasteiger partial charge in [0.05, 0.1) is 5.56 Å². The third kappa shape index (κ3) is 4.66. The molecule has 2 amide bonds. The van der Waals surface area contributed by atoms with Gasteiger partial charge in [0.25, 0.3) is 5.91 Å². The SMILES string of the molecule is O=C(Nc1ccc2oc(=O)ccc2c1)C1CCN(C(=O)c2ccc(C(F)(F)F)cc2)CC1. The summed E-state index contributed by atoms with van der Waals surface area (Å²) in [6.45, 7) is 0.668. The molecule has 3 aromatic rings. The Morgan fingerprint density at radius 2 is 1.66 bits per heavy atom. The minimum atomic E-state index is -4.45. The van der Waals surface area contributed by atoms with Gasteiger partial charge in [0.2, 0.25) is 5.91 Å². The van der Waals surface area contributed by atoms with E-state index < -0.39 is 17.4 Å². The van der Waals surface area contributed by atoms with E-state index in [1.165, 1.54) is 18.2 Å². The van der Waals surface area contributed by atoms with Crippen molar-refractivity contribution >= 4 is 28.5 Å². The van der Waals surface area contributed by atoms with Crippen molar-refractivity contribution in [3.8, 4) is 0 Å². The van der Waals surface area contributed by atoms with Crippen LogP contribution in [0.4, 0.5) is 18.9 Å². The number of carbonyl (C=O) groups is 2. The fraction of sp³-hybridized carbons (Fsp3) is 0.261. The number of benzene rings is 2. The normalized spacial score (nSPS) is 15.0. The third-order valence-corrected chi connectivity index (χ3v) is 5.50. The minimum Gasteiger partial charge on any atom is -0.423 e. The number of halogens is 3. The number of carbonyl (C=O) groups excluding carboxylic acids is 2. The number of anilines is 1. The van der Waals surface area contributed by atoms with Crippen molar-refractivity contribution in [1.82, 2.24) is 4.90 Å². The molecule has 1 saturated heterocycles. The van der Waals surface area contributed by atoms with E-state index in [1.807, 2.05) is 0 Å². The molecule has 2 aromatic carbocycles. The lowest BCUT2D eigenvalue weighted by molar-refractivity contribution is -0.137. The molecule has 0 bridgehead atoms. The van der Waals surface area contributed by atoms with E-state index in [9.17, 15) is 27.6 Å². The van der Waals surface area contributed by atoms with Gasteiger partial charge in [-0.15, -0.1) is 0 Å².